The van der Waals surface area contributed by atoms with Crippen molar-refractivity contribution in [3.63, 3.8) is 0 Å². The molecule has 0 atom stereocenters. The van der Waals surface area contributed by atoms with Gasteiger partial charge in [0.05, 0.1) is 18.5 Å². The molecule has 68 valence electrons. The number of nitrogens with one attached hydrogen (secondary N) is 1. The van der Waals surface area contributed by atoms with Crippen molar-refractivity contribution in [2.75, 3.05) is 19.0 Å². The molecule has 0 saturated heterocycles. The van der Waals surface area contributed by atoms with Crippen molar-refractivity contribution in [2.45, 2.75) is 6.42 Å². The van der Waals surface area contributed by atoms with Crippen LogP contribution in [0.5, 0.6) is 0 Å². The largest absolute Gasteiger partial charge is 0.464 e. The molecule has 0 saturated carbocycles. The quantitative estimate of drug-likeness (QED) is 0.647. The maximum Gasteiger partial charge on any atom is 0.356 e. The summed E-state index contributed by atoms with van der Waals surface area (Å²) in [6.07, 6.45) is 0.875. The predicted octanol–water partition coefficient (Wildman–Crippen LogP) is 0.836. The van der Waals surface area contributed by atoms with Crippen molar-refractivity contribution >= 4 is 11.7 Å². The third-order valence-electron chi connectivity index (χ3n) is 2.05. The van der Waals surface area contributed by atoms with Crippen LogP contribution >= 0.6 is 0 Å². The van der Waals surface area contributed by atoms with Gasteiger partial charge < -0.3 is 10.1 Å². The Morgan fingerprint density at radius 1 is 1.62 bits per heavy atom. The highest BCUT2D eigenvalue weighted by Gasteiger charge is 2.14. The van der Waals surface area contributed by atoms with Gasteiger partial charge in [-0.3, -0.25) is 0 Å². The van der Waals surface area contributed by atoms with Gasteiger partial charge in [-0.1, -0.05) is 0 Å². The standard InChI is InChI=1S/C9H10N2O2/c1-13-9(12)8-3-2-6-7(11-8)4-5-10-6/h2-3,10H,4-5H2,1H3. The molecule has 0 fully saturated rings. The van der Waals surface area contributed by atoms with Gasteiger partial charge in [0.2, 0.25) is 0 Å². The van der Waals surface area contributed by atoms with E-state index in [9.17, 15) is 4.79 Å². The molecular formula is C9H10N2O2. The molecule has 2 rings (SSSR count). The van der Waals surface area contributed by atoms with Crippen LogP contribution in [-0.4, -0.2) is 24.6 Å². The van der Waals surface area contributed by atoms with Gasteiger partial charge in [0.15, 0.2) is 0 Å². The molecular weight excluding hydrogens is 168 g/mol. The summed E-state index contributed by atoms with van der Waals surface area (Å²) in [4.78, 5) is 15.3. The molecule has 1 aliphatic rings. The maximum atomic E-state index is 11.1. The number of esters is 1. The Morgan fingerprint density at radius 3 is 3.23 bits per heavy atom. The monoisotopic (exact) mass is 178 g/mol. The van der Waals surface area contributed by atoms with Crippen LogP contribution in [-0.2, 0) is 11.2 Å². The molecule has 2 heterocycles. The third kappa shape index (κ3) is 1.35. The van der Waals surface area contributed by atoms with E-state index in [1.807, 2.05) is 6.07 Å². The Labute approximate surface area is 75.9 Å². The average molecular weight is 178 g/mol. The normalized spacial score (nSPS) is 13.3. The molecule has 1 aromatic heterocycles. The number of rotatable bonds is 1. The minimum absolute atomic E-state index is 0.380. The number of methoxy groups -OCH3 is 1. The lowest BCUT2D eigenvalue weighted by atomic mass is 10.2. The van der Waals surface area contributed by atoms with Gasteiger partial charge in [-0.15, -0.1) is 0 Å². The first-order valence-corrected chi connectivity index (χ1v) is 4.13. The van der Waals surface area contributed by atoms with Crippen molar-refractivity contribution in [3.8, 4) is 0 Å². The van der Waals surface area contributed by atoms with E-state index in [1.165, 1.54) is 7.11 Å². The fourth-order valence-electron chi connectivity index (χ4n) is 1.39. The molecule has 0 aliphatic carbocycles. The van der Waals surface area contributed by atoms with Crippen LogP contribution in [0.25, 0.3) is 0 Å². The number of pyridine rings is 1. The molecule has 4 nitrogen and oxygen atoms in total. The first kappa shape index (κ1) is 8.04. The van der Waals surface area contributed by atoms with Gasteiger partial charge >= 0.3 is 5.97 Å². The third-order valence-corrected chi connectivity index (χ3v) is 2.05. The molecule has 1 N–H and O–H groups in total. The number of anilines is 1. The molecule has 0 radical (unpaired) electrons. The summed E-state index contributed by atoms with van der Waals surface area (Å²) >= 11 is 0. The number of nitrogens with zero attached hydrogens (tertiary/aromatic N) is 1. The lowest BCUT2D eigenvalue weighted by molar-refractivity contribution is 0.0594. The SMILES string of the molecule is COC(=O)c1ccc2c(n1)CCN2. The van der Waals surface area contributed by atoms with Crippen molar-refractivity contribution in [2.24, 2.45) is 0 Å². The number of hydrogen-bond acceptors (Lipinski definition) is 4. The fraction of sp³-hybridized carbons (Fsp3) is 0.333. The summed E-state index contributed by atoms with van der Waals surface area (Å²) < 4.78 is 4.57. The van der Waals surface area contributed by atoms with Gasteiger partial charge in [-0.2, -0.15) is 0 Å². The Bertz CT molecular complexity index is 349. The molecule has 13 heavy (non-hydrogen) atoms. The first-order chi connectivity index (χ1) is 6.31. The average Bonchev–Trinajstić information content (AvgIpc) is 2.63. The number of aromatic nitrogens is 1. The number of carbonyl (C=O) groups excluding carboxylic acids is 1. The second kappa shape index (κ2) is 3.05. The highest BCUT2D eigenvalue weighted by Crippen LogP contribution is 2.19. The van der Waals surface area contributed by atoms with Crippen LogP contribution < -0.4 is 5.32 Å². The first-order valence-electron chi connectivity index (χ1n) is 4.13. The number of ether oxygens (including phenoxy) is 1. The number of fused-ring (bicyclic) bond motifs is 1. The second-order valence-corrected chi connectivity index (χ2v) is 2.86. The summed E-state index contributed by atoms with van der Waals surface area (Å²) in [5, 5.41) is 3.17. The molecule has 0 amide bonds. The van der Waals surface area contributed by atoms with Gasteiger partial charge in [-0.25, -0.2) is 9.78 Å². The zero-order valence-corrected chi connectivity index (χ0v) is 7.33. The summed E-state index contributed by atoms with van der Waals surface area (Å²) in [5.41, 5.74) is 2.35. The summed E-state index contributed by atoms with van der Waals surface area (Å²) in [7, 11) is 1.36. The number of carbonyl (C=O) groups is 1. The second-order valence-electron chi connectivity index (χ2n) is 2.86. The summed E-state index contributed by atoms with van der Waals surface area (Å²) in [6.45, 7) is 0.896. The number of hydrogen-bond donors (Lipinski definition) is 1. The van der Waals surface area contributed by atoms with E-state index in [-0.39, 0.29) is 5.97 Å². The topological polar surface area (TPSA) is 51.2 Å². The zero-order valence-electron chi connectivity index (χ0n) is 7.33. The maximum absolute atomic E-state index is 11.1. The van der Waals surface area contributed by atoms with E-state index in [0.717, 1.165) is 24.3 Å². The van der Waals surface area contributed by atoms with Gasteiger partial charge in [0, 0.05) is 13.0 Å². The molecule has 1 aliphatic heterocycles. The smallest absolute Gasteiger partial charge is 0.356 e. The Balaban J connectivity index is 2.36. The Hall–Kier alpha value is -1.58. The van der Waals surface area contributed by atoms with Gasteiger partial charge in [0.25, 0.3) is 0 Å². The Morgan fingerprint density at radius 2 is 2.46 bits per heavy atom. The van der Waals surface area contributed by atoms with E-state index in [1.54, 1.807) is 6.07 Å². The highest BCUT2D eigenvalue weighted by atomic mass is 16.5. The van der Waals surface area contributed by atoms with Crippen LogP contribution in [0.2, 0.25) is 0 Å². The van der Waals surface area contributed by atoms with E-state index < -0.39 is 0 Å². The van der Waals surface area contributed by atoms with E-state index >= 15 is 0 Å². The minimum atomic E-state index is -0.380. The fourth-order valence-corrected chi connectivity index (χ4v) is 1.39. The van der Waals surface area contributed by atoms with Crippen LogP contribution in [0.1, 0.15) is 16.2 Å². The molecule has 1 aromatic rings. The van der Waals surface area contributed by atoms with Crippen LogP contribution in [0.15, 0.2) is 12.1 Å². The Kier molecular flexibility index (Phi) is 1.88. The lowest BCUT2D eigenvalue weighted by Crippen LogP contribution is -2.05. The van der Waals surface area contributed by atoms with E-state index in [2.05, 4.69) is 15.0 Å². The molecule has 0 unspecified atom stereocenters. The highest BCUT2D eigenvalue weighted by molar-refractivity contribution is 5.87. The lowest BCUT2D eigenvalue weighted by Gasteiger charge is -2.01. The summed E-state index contributed by atoms with van der Waals surface area (Å²) in [5.74, 6) is -0.380. The minimum Gasteiger partial charge on any atom is -0.464 e. The van der Waals surface area contributed by atoms with Crippen LogP contribution in [0.3, 0.4) is 0 Å². The summed E-state index contributed by atoms with van der Waals surface area (Å²) in [6, 6.07) is 3.53. The van der Waals surface area contributed by atoms with Crippen LogP contribution in [0, 0.1) is 0 Å². The van der Waals surface area contributed by atoms with Crippen molar-refractivity contribution in [3.05, 3.63) is 23.5 Å². The molecule has 0 aromatic carbocycles. The van der Waals surface area contributed by atoms with Crippen LogP contribution in [0.4, 0.5) is 5.69 Å². The van der Waals surface area contributed by atoms with Gasteiger partial charge in [0.1, 0.15) is 5.69 Å². The van der Waals surface area contributed by atoms with Gasteiger partial charge in [-0.05, 0) is 12.1 Å². The van der Waals surface area contributed by atoms with Crippen molar-refractivity contribution in [1.82, 2.24) is 4.98 Å². The van der Waals surface area contributed by atoms with E-state index in [4.69, 9.17) is 0 Å². The molecule has 0 spiro atoms. The molecule has 0 bridgehead atoms. The van der Waals surface area contributed by atoms with Crippen molar-refractivity contribution < 1.29 is 9.53 Å². The van der Waals surface area contributed by atoms with E-state index in [0.29, 0.717) is 5.69 Å². The van der Waals surface area contributed by atoms with Crippen molar-refractivity contribution in [1.29, 1.82) is 0 Å². The predicted molar refractivity (Wildman–Crippen MR) is 47.8 cm³/mol. The molecule has 4 heteroatoms. The zero-order chi connectivity index (χ0) is 9.26.